The first-order chi connectivity index (χ1) is 23.5. The molecule has 0 fully saturated rings. The third-order valence-corrected chi connectivity index (χ3v) is 12.6. The van der Waals surface area contributed by atoms with Crippen LogP contribution < -0.4 is 0 Å². The normalized spacial score (nSPS) is 14.9. The quantitative estimate of drug-likeness (QED) is 0.0652. The summed E-state index contributed by atoms with van der Waals surface area (Å²) < 4.78 is 23.2. The standard InChI is InChI=1S/C37H44O8S4/c1-25(29-9-5-13-46-29)17-33(38)42-21-37(22-43-34(39)18-26(2)30-10-6-14-47-30,23-44-35(40)19-27(3)31-11-7-15-48-31)24-45-36(41)20-28(4)32-12-8-16-49-32/h5-16,25-28H,17-24H2,1-4H3. The predicted octanol–water partition coefficient (Wildman–Crippen LogP) is 9.17. The number of carbonyl (C=O) groups excluding carboxylic acids is 4. The van der Waals surface area contributed by atoms with Crippen molar-refractivity contribution in [1.82, 2.24) is 0 Å². The molecule has 0 amide bonds. The average molecular weight is 745 g/mol. The van der Waals surface area contributed by atoms with Crippen molar-refractivity contribution in [2.75, 3.05) is 26.4 Å². The zero-order valence-electron chi connectivity index (χ0n) is 28.3. The Kier molecular flexibility index (Phi) is 15.1. The summed E-state index contributed by atoms with van der Waals surface area (Å²) >= 11 is 6.25. The van der Waals surface area contributed by atoms with Crippen molar-refractivity contribution in [2.45, 2.75) is 77.0 Å². The molecule has 8 nitrogen and oxygen atoms in total. The number of hydrogen-bond acceptors (Lipinski definition) is 12. The highest BCUT2D eigenvalue weighted by atomic mass is 32.1. The number of esters is 4. The van der Waals surface area contributed by atoms with Gasteiger partial charge in [-0.25, -0.2) is 0 Å². The average Bonchev–Trinajstić information content (AvgIpc) is 3.91. The lowest BCUT2D eigenvalue weighted by molar-refractivity contribution is -0.171. The topological polar surface area (TPSA) is 105 Å². The summed E-state index contributed by atoms with van der Waals surface area (Å²) in [5, 5.41) is 7.82. The zero-order valence-corrected chi connectivity index (χ0v) is 31.6. The molecule has 0 aromatic carbocycles. The lowest BCUT2D eigenvalue weighted by Gasteiger charge is -2.32. The van der Waals surface area contributed by atoms with Gasteiger partial charge in [0.2, 0.25) is 0 Å². The minimum Gasteiger partial charge on any atom is -0.465 e. The SMILES string of the molecule is CC(CC(=O)OCC(COC(=O)CC(C)c1cccs1)(COC(=O)CC(C)c1cccs1)COC(=O)CC(C)c1cccs1)c1cccs1. The molecular weight excluding hydrogens is 701 g/mol. The molecule has 0 saturated carbocycles. The second-order valence-corrected chi connectivity index (χ2v) is 16.5. The van der Waals surface area contributed by atoms with Crippen molar-refractivity contribution < 1.29 is 38.1 Å². The highest BCUT2D eigenvalue weighted by Crippen LogP contribution is 2.30. The Bertz CT molecular complexity index is 1320. The molecule has 0 radical (unpaired) electrons. The maximum atomic E-state index is 13.1. The molecule has 49 heavy (non-hydrogen) atoms. The van der Waals surface area contributed by atoms with Gasteiger partial charge >= 0.3 is 23.9 Å². The van der Waals surface area contributed by atoms with Crippen molar-refractivity contribution in [2.24, 2.45) is 5.41 Å². The summed E-state index contributed by atoms with van der Waals surface area (Å²) in [6.45, 7) is 6.68. The number of rotatable bonds is 20. The molecule has 4 atom stereocenters. The Morgan fingerprint density at radius 3 is 0.878 bits per heavy atom. The van der Waals surface area contributed by atoms with Gasteiger partial charge in [-0.05, 0) is 45.8 Å². The number of thiophene rings is 4. The maximum absolute atomic E-state index is 13.1. The fraction of sp³-hybridized carbons (Fsp3) is 0.459. The second-order valence-electron chi connectivity index (χ2n) is 12.6. The minimum absolute atomic E-state index is 0.0633. The fourth-order valence-corrected chi connectivity index (χ4v) is 8.26. The first-order valence-corrected chi connectivity index (χ1v) is 19.8. The molecule has 4 heterocycles. The van der Waals surface area contributed by atoms with Crippen LogP contribution in [0, 0.1) is 5.41 Å². The summed E-state index contributed by atoms with van der Waals surface area (Å²) in [5.41, 5.74) is -1.33. The molecular formula is C37H44O8S4. The monoisotopic (exact) mass is 744 g/mol. The van der Waals surface area contributed by atoms with Gasteiger partial charge in [0.1, 0.15) is 31.8 Å². The summed E-state index contributed by atoms with van der Waals surface area (Å²) in [5.74, 6) is -2.09. The lowest BCUT2D eigenvalue weighted by atomic mass is 9.91. The predicted molar refractivity (Wildman–Crippen MR) is 196 cm³/mol. The number of carbonyl (C=O) groups is 4. The number of hydrogen-bond donors (Lipinski definition) is 0. The van der Waals surface area contributed by atoms with Crippen LogP contribution in [0.5, 0.6) is 0 Å². The van der Waals surface area contributed by atoms with Gasteiger partial charge in [-0.1, -0.05) is 52.0 Å². The lowest BCUT2D eigenvalue weighted by Crippen LogP contribution is -2.44. The molecule has 0 N–H and O–H groups in total. The summed E-state index contributed by atoms with van der Waals surface area (Å²) in [4.78, 5) is 56.6. The Morgan fingerprint density at radius 1 is 0.469 bits per heavy atom. The van der Waals surface area contributed by atoms with Crippen LogP contribution in [0.15, 0.2) is 70.1 Å². The van der Waals surface area contributed by atoms with Crippen molar-refractivity contribution in [3.05, 3.63) is 89.6 Å². The first kappa shape index (κ1) is 38.5. The van der Waals surface area contributed by atoms with E-state index in [0.29, 0.717) is 0 Å². The van der Waals surface area contributed by atoms with Gasteiger partial charge in [0.25, 0.3) is 0 Å². The molecule has 0 aliphatic carbocycles. The summed E-state index contributed by atoms with van der Waals surface area (Å²) in [6, 6.07) is 15.6. The highest BCUT2D eigenvalue weighted by Gasteiger charge is 2.38. The molecule has 4 aromatic heterocycles. The van der Waals surface area contributed by atoms with Crippen molar-refractivity contribution in [3.63, 3.8) is 0 Å². The van der Waals surface area contributed by atoms with E-state index in [1.54, 1.807) is 45.3 Å². The smallest absolute Gasteiger partial charge is 0.306 e. The van der Waals surface area contributed by atoms with Gasteiger partial charge in [0, 0.05) is 43.2 Å². The van der Waals surface area contributed by atoms with Gasteiger partial charge < -0.3 is 18.9 Å². The van der Waals surface area contributed by atoms with E-state index in [0.717, 1.165) is 19.5 Å². The molecule has 0 bridgehead atoms. The van der Waals surface area contributed by atoms with Gasteiger partial charge in [0.15, 0.2) is 0 Å². The largest absolute Gasteiger partial charge is 0.465 e. The van der Waals surface area contributed by atoms with E-state index in [-0.39, 0.29) is 75.8 Å². The van der Waals surface area contributed by atoms with E-state index in [1.807, 2.05) is 97.7 Å². The van der Waals surface area contributed by atoms with E-state index >= 15 is 0 Å². The van der Waals surface area contributed by atoms with Crippen LogP contribution in [0.4, 0.5) is 0 Å². The maximum Gasteiger partial charge on any atom is 0.306 e. The van der Waals surface area contributed by atoms with E-state index < -0.39 is 29.3 Å². The van der Waals surface area contributed by atoms with E-state index in [9.17, 15) is 19.2 Å². The van der Waals surface area contributed by atoms with Crippen LogP contribution in [0.2, 0.25) is 0 Å². The van der Waals surface area contributed by atoms with E-state index in [1.165, 1.54) is 0 Å². The van der Waals surface area contributed by atoms with E-state index in [4.69, 9.17) is 18.9 Å². The molecule has 4 aromatic rings. The summed E-state index contributed by atoms with van der Waals surface area (Å²) in [6.07, 6.45) is 0.520. The molecule has 12 heteroatoms. The third kappa shape index (κ3) is 12.5. The van der Waals surface area contributed by atoms with E-state index in [2.05, 4.69) is 0 Å². The molecule has 4 unspecified atom stereocenters. The third-order valence-electron chi connectivity index (χ3n) is 8.16. The van der Waals surface area contributed by atoms with Crippen molar-refractivity contribution in [1.29, 1.82) is 0 Å². The Balaban J connectivity index is 1.49. The second kappa shape index (κ2) is 19.2. The molecule has 0 aliphatic heterocycles. The van der Waals surface area contributed by atoms with Crippen LogP contribution in [0.25, 0.3) is 0 Å². The summed E-state index contributed by atoms with van der Waals surface area (Å²) in [7, 11) is 0. The van der Waals surface area contributed by atoms with Crippen LogP contribution >= 0.6 is 45.3 Å². The van der Waals surface area contributed by atoms with Crippen LogP contribution in [0.1, 0.15) is 96.6 Å². The van der Waals surface area contributed by atoms with Gasteiger partial charge in [-0.15, -0.1) is 45.3 Å². The van der Waals surface area contributed by atoms with Crippen LogP contribution in [-0.4, -0.2) is 50.3 Å². The molecule has 0 aliphatic rings. The van der Waals surface area contributed by atoms with Gasteiger partial charge in [-0.3, -0.25) is 19.2 Å². The Labute approximate surface area is 304 Å². The molecule has 0 spiro atoms. The zero-order chi connectivity index (χ0) is 35.2. The van der Waals surface area contributed by atoms with Gasteiger partial charge in [-0.2, -0.15) is 0 Å². The van der Waals surface area contributed by atoms with Crippen LogP contribution in [0.3, 0.4) is 0 Å². The van der Waals surface area contributed by atoms with Crippen LogP contribution in [-0.2, 0) is 38.1 Å². The Hall–Kier alpha value is -3.32. The fourth-order valence-electron chi connectivity index (χ4n) is 5.11. The van der Waals surface area contributed by atoms with Crippen molar-refractivity contribution in [3.8, 4) is 0 Å². The molecule has 4 rings (SSSR count). The molecule has 0 saturated heterocycles. The Morgan fingerprint density at radius 2 is 0.694 bits per heavy atom. The molecule has 264 valence electrons. The highest BCUT2D eigenvalue weighted by molar-refractivity contribution is 7.10. The van der Waals surface area contributed by atoms with Crippen molar-refractivity contribution >= 4 is 69.2 Å². The number of ether oxygens (including phenoxy) is 4. The van der Waals surface area contributed by atoms with Gasteiger partial charge in [0.05, 0.1) is 25.7 Å². The minimum atomic E-state index is -1.33. The first-order valence-electron chi connectivity index (χ1n) is 16.3.